The Labute approximate surface area is 51.0 Å². The number of hydrogen-bond acceptors (Lipinski definition) is 4. The van der Waals surface area contributed by atoms with Gasteiger partial charge < -0.3 is 0 Å². The van der Waals surface area contributed by atoms with Gasteiger partial charge in [-0.1, -0.05) is 6.58 Å². The van der Waals surface area contributed by atoms with E-state index in [2.05, 4.69) is 27.2 Å². The molecule has 1 rings (SSSR count). The van der Waals surface area contributed by atoms with E-state index in [0.29, 0.717) is 0 Å². The lowest BCUT2D eigenvalue weighted by Crippen LogP contribution is -1.81. The number of hydrogen-bond donors (Lipinski definition) is 1. The molecule has 0 aromatic carbocycles. The summed E-state index contributed by atoms with van der Waals surface area (Å²) < 4.78 is 0. The average Bonchev–Trinajstić information content (AvgIpc) is 2.37. The number of nitrogens with zero attached hydrogens (tertiary/aromatic N) is 4. The molecule has 0 unspecified atom stereocenters. The van der Waals surface area contributed by atoms with Gasteiger partial charge in [0.25, 0.3) is 0 Å². The lowest BCUT2D eigenvalue weighted by Gasteiger charge is -1.77. The summed E-state index contributed by atoms with van der Waals surface area (Å²) in [5.41, 5.74) is 0.212. The molecule has 0 saturated carbocycles. The zero-order chi connectivity index (χ0) is 6.69. The Morgan fingerprint density at radius 2 is 2.56 bits per heavy atom. The summed E-state index contributed by atoms with van der Waals surface area (Å²) in [6.45, 7) is 3.37. The molecule has 1 heterocycles. The molecule has 0 aliphatic rings. The van der Waals surface area contributed by atoms with E-state index in [1.807, 2.05) is 0 Å². The second kappa shape index (κ2) is 2.05. The monoisotopic (exact) mass is 121 g/mol. The molecule has 0 aliphatic carbocycles. The first-order valence-corrected chi connectivity index (χ1v) is 2.17. The maximum absolute atomic E-state index is 8.24. The number of nitrogens with one attached hydrogen (secondary N) is 1. The third kappa shape index (κ3) is 0.912. The van der Waals surface area contributed by atoms with Gasteiger partial charge in [0.05, 0.1) is 5.57 Å². The molecular formula is C4H3N5. The molecule has 0 aliphatic heterocycles. The number of aromatic amines is 1. The Balaban J connectivity index is 2.93. The molecule has 5 nitrogen and oxygen atoms in total. The number of rotatable bonds is 1. The number of aromatic nitrogens is 4. The second-order valence-electron chi connectivity index (χ2n) is 1.33. The minimum absolute atomic E-state index is 0.212. The lowest BCUT2D eigenvalue weighted by molar-refractivity contribution is 0.881. The first kappa shape index (κ1) is 5.44. The highest BCUT2D eigenvalue weighted by atomic mass is 15.5. The normalized spacial score (nSPS) is 8.33. The van der Waals surface area contributed by atoms with E-state index in [9.17, 15) is 0 Å². The Bertz CT molecular complexity index is 240. The highest BCUT2D eigenvalue weighted by Gasteiger charge is 1.99. The van der Waals surface area contributed by atoms with Crippen LogP contribution in [-0.2, 0) is 0 Å². The summed E-state index contributed by atoms with van der Waals surface area (Å²) in [7, 11) is 0. The van der Waals surface area contributed by atoms with Gasteiger partial charge in [-0.15, -0.1) is 10.2 Å². The van der Waals surface area contributed by atoms with Crippen molar-refractivity contribution in [2.75, 3.05) is 0 Å². The van der Waals surface area contributed by atoms with Crippen LogP contribution in [-0.4, -0.2) is 20.6 Å². The Kier molecular flexibility index (Phi) is 1.24. The van der Waals surface area contributed by atoms with Crippen molar-refractivity contribution in [2.24, 2.45) is 0 Å². The predicted molar refractivity (Wildman–Crippen MR) is 28.8 cm³/mol. The fourth-order valence-electron chi connectivity index (χ4n) is 0.340. The van der Waals surface area contributed by atoms with Crippen LogP contribution in [0.3, 0.4) is 0 Å². The van der Waals surface area contributed by atoms with Gasteiger partial charge in [0, 0.05) is 0 Å². The first-order valence-electron chi connectivity index (χ1n) is 2.17. The Morgan fingerprint density at radius 1 is 1.78 bits per heavy atom. The topological polar surface area (TPSA) is 78.2 Å². The number of tetrazole rings is 1. The van der Waals surface area contributed by atoms with Crippen molar-refractivity contribution >= 4 is 5.57 Å². The van der Waals surface area contributed by atoms with Crippen LogP contribution >= 0.6 is 0 Å². The second-order valence-corrected chi connectivity index (χ2v) is 1.33. The Morgan fingerprint density at radius 3 is 3.00 bits per heavy atom. The van der Waals surface area contributed by atoms with Crippen molar-refractivity contribution in [3.8, 4) is 6.07 Å². The first-order chi connectivity index (χ1) is 4.34. The highest BCUT2D eigenvalue weighted by Crippen LogP contribution is 1.98. The van der Waals surface area contributed by atoms with Crippen molar-refractivity contribution < 1.29 is 0 Å². The molecule has 0 spiro atoms. The molecule has 0 amide bonds. The van der Waals surface area contributed by atoms with Gasteiger partial charge in [0.15, 0.2) is 0 Å². The third-order valence-corrected chi connectivity index (χ3v) is 0.750. The smallest absolute Gasteiger partial charge is 0.192 e. The lowest BCUT2D eigenvalue weighted by atomic mass is 10.3. The van der Waals surface area contributed by atoms with Crippen LogP contribution in [0.25, 0.3) is 5.57 Å². The van der Waals surface area contributed by atoms with E-state index in [1.54, 1.807) is 6.07 Å². The van der Waals surface area contributed by atoms with Crippen LogP contribution in [0, 0.1) is 11.3 Å². The van der Waals surface area contributed by atoms with Gasteiger partial charge in [0.1, 0.15) is 6.07 Å². The molecule has 1 aromatic heterocycles. The predicted octanol–water partition coefficient (Wildman–Crippen LogP) is -0.264. The molecule has 0 atom stereocenters. The minimum Gasteiger partial charge on any atom is -0.192 e. The summed E-state index contributed by atoms with van der Waals surface area (Å²) in [6.07, 6.45) is 0. The maximum atomic E-state index is 8.24. The molecule has 0 bridgehead atoms. The van der Waals surface area contributed by atoms with Gasteiger partial charge in [-0.3, -0.25) is 0 Å². The van der Waals surface area contributed by atoms with Gasteiger partial charge in [-0.25, -0.2) is 0 Å². The van der Waals surface area contributed by atoms with E-state index in [0.717, 1.165) is 0 Å². The van der Waals surface area contributed by atoms with Crippen molar-refractivity contribution in [1.29, 1.82) is 5.26 Å². The standard InChI is InChI=1S/C4H3N5/c1-3(2-5)4-6-8-9-7-4/h1H2,(H,6,7,8,9). The quantitative estimate of drug-likeness (QED) is 0.519. The molecule has 0 saturated heterocycles. The molecule has 0 fully saturated rings. The largest absolute Gasteiger partial charge is 0.214 e. The summed E-state index contributed by atoms with van der Waals surface area (Å²) >= 11 is 0. The summed E-state index contributed by atoms with van der Waals surface area (Å²) in [5, 5.41) is 20.7. The van der Waals surface area contributed by atoms with Gasteiger partial charge in [0.2, 0.25) is 5.82 Å². The molecule has 44 valence electrons. The summed E-state index contributed by atoms with van der Waals surface area (Å²) in [6, 6.07) is 1.79. The Hall–Kier alpha value is -1.70. The molecule has 1 aromatic rings. The zero-order valence-electron chi connectivity index (χ0n) is 4.50. The van der Waals surface area contributed by atoms with E-state index in [1.165, 1.54) is 0 Å². The molecular weight excluding hydrogens is 118 g/mol. The fourth-order valence-corrected chi connectivity index (χ4v) is 0.340. The molecule has 5 heteroatoms. The number of allylic oxidation sites excluding steroid dienone is 1. The van der Waals surface area contributed by atoms with Crippen LogP contribution < -0.4 is 0 Å². The maximum Gasteiger partial charge on any atom is 0.214 e. The summed E-state index contributed by atoms with van der Waals surface area (Å²) in [4.78, 5) is 0. The highest BCUT2D eigenvalue weighted by molar-refractivity contribution is 5.69. The van der Waals surface area contributed by atoms with E-state index >= 15 is 0 Å². The van der Waals surface area contributed by atoms with E-state index < -0.39 is 0 Å². The van der Waals surface area contributed by atoms with Gasteiger partial charge in [-0.05, 0) is 5.21 Å². The fraction of sp³-hybridized carbons (Fsp3) is 0. The van der Waals surface area contributed by atoms with Crippen molar-refractivity contribution in [3.05, 3.63) is 12.4 Å². The zero-order valence-corrected chi connectivity index (χ0v) is 4.50. The molecule has 0 radical (unpaired) electrons. The van der Waals surface area contributed by atoms with Crippen LogP contribution in [0.2, 0.25) is 0 Å². The van der Waals surface area contributed by atoms with Gasteiger partial charge in [-0.2, -0.15) is 10.5 Å². The minimum atomic E-state index is 0.212. The van der Waals surface area contributed by atoms with E-state index in [-0.39, 0.29) is 11.4 Å². The number of nitriles is 1. The van der Waals surface area contributed by atoms with Crippen molar-refractivity contribution in [1.82, 2.24) is 20.6 Å². The molecule has 1 N–H and O–H groups in total. The molecule has 9 heavy (non-hydrogen) atoms. The van der Waals surface area contributed by atoms with Crippen LogP contribution in [0.1, 0.15) is 5.82 Å². The average molecular weight is 121 g/mol. The SMILES string of the molecule is C=C(C#N)c1nn[nH]n1. The summed E-state index contributed by atoms with van der Waals surface area (Å²) in [5.74, 6) is 0.248. The van der Waals surface area contributed by atoms with Gasteiger partial charge >= 0.3 is 0 Å². The van der Waals surface area contributed by atoms with Crippen LogP contribution in [0.4, 0.5) is 0 Å². The van der Waals surface area contributed by atoms with Crippen LogP contribution in [0.5, 0.6) is 0 Å². The van der Waals surface area contributed by atoms with Crippen LogP contribution in [0.15, 0.2) is 6.58 Å². The van der Waals surface area contributed by atoms with Crippen molar-refractivity contribution in [2.45, 2.75) is 0 Å². The number of H-pyrrole nitrogens is 1. The van der Waals surface area contributed by atoms with Crippen molar-refractivity contribution in [3.63, 3.8) is 0 Å². The van der Waals surface area contributed by atoms with E-state index in [4.69, 9.17) is 5.26 Å². The third-order valence-electron chi connectivity index (χ3n) is 0.750.